The summed E-state index contributed by atoms with van der Waals surface area (Å²) in [6.45, 7) is -1.22. The lowest BCUT2D eigenvalue weighted by atomic mass is 10.1. The predicted octanol–water partition coefficient (Wildman–Crippen LogP) is 1.19. The number of carbonyl (C=O) groups is 1. The molecule has 13 heavy (non-hydrogen) atoms. The molecule has 0 amide bonds. The second kappa shape index (κ2) is 4.57. The molecule has 0 aliphatic carbocycles. The van der Waals surface area contributed by atoms with E-state index >= 15 is 0 Å². The van der Waals surface area contributed by atoms with Crippen LogP contribution in [0.3, 0.4) is 0 Å². The number of alkyl halides is 1. The summed E-state index contributed by atoms with van der Waals surface area (Å²) in [6.07, 6.45) is -1.41. The maximum absolute atomic E-state index is 11.6. The molecule has 4 heteroatoms. The molecule has 1 aromatic rings. The monoisotopic (exact) mass is 184 g/mol. The van der Waals surface area contributed by atoms with Gasteiger partial charge in [0, 0.05) is 0 Å². The number of carbonyl (C=O) groups excluding carboxylic acids is 1. The van der Waals surface area contributed by atoms with Crippen molar-refractivity contribution in [3.05, 3.63) is 35.9 Å². The van der Waals surface area contributed by atoms with Gasteiger partial charge in [0.2, 0.25) is 6.86 Å². The molecule has 0 aliphatic heterocycles. The van der Waals surface area contributed by atoms with Crippen molar-refractivity contribution in [1.29, 1.82) is 0 Å². The highest BCUT2D eigenvalue weighted by molar-refractivity contribution is 5.76. The molecule has 3 nitrogen and oxygen atoms in total. The summed E-state index contributed by atoms with van der Waals surface area (Å²) in [5.74, 6) is -0.978. The molecule has 1 rings (SSSR count). The quantitative estimate of drug-likeness (QED) is 0.718. The normalized spacial score (nSPS) is 12.2. The number of rotatable bonds is 3. The van der Waals surface area contributed by atoms with Gasteiger partial charge in [0.25, 0.3) is 0 Å². The van der Waals surface area contributed by atoms with Crippen molar-refractivity contribution in [3.8, 4) is 0 Å². The Balaban J connectivity index is 2.68. The third-order valence-corrected chi connectivity index (χ3v) is 1.54. The maximum atomic E-state index is 11.6. The van der Waals surface area contributed by atoms with E-state index < -0.39 is 18.9 Å². The van der Waals surface area contributed by atoms with Crippen molar-refractivity contribution in [1.82, 2.24) is 0 Å². The molecule has 0 aromatic heterocycles. The summed E-state index contributed by atoms with van der Waals surface area (Å²) in [5.41, 5.74) is 0.390. The zero-order chi connectivity index (χ0) is 9.68. The molecule has 1 unspecified atom stereocenters. The van der Waals surface area contributed by atoms with Crippen LogP contribution >= 0.6 is 0 Å². The number of halogens is 1. The Morgan fingerprint density at radius 2 is 2.08 bits per heavy atom. The van der Waals surface area contributed by atoms with E-state index in [-0.39, 0.29) is 0 Å². The van der Waals surface area contributed by atoms with Gasteiger partial charge in [-0.25, -0.2) is 9.18 Å². The number of ether oxygens (including phenoxy) is 1. The van der Waals surface area contributed by atoms with Crippen LogP contribution in [0.15, 0.2) is 30.3 Å². The lowest BCUT2D eigenvalue weighted by Gasteiger charge is -2.07. The Morgan fingerprint density at radius 1 is 1.46 bits per heavy atom. The fraction of sp³-hybridized carbons (Fsp3) is 0.222. The van der Waals surface area contributed by atoms with Gasteiger partial charge in [-0.1, -0.05) is 30.3 Å². The van der Waals surface area contributed by atoms with Crippen LogP contribution in [-0.2, 0) is 9.53 Å². The first-order valence-electron chi connectivity index (χ1n) is 3.71. The Morgan fingerprint density at radius 3 is 2.62 bits per heavy atom. The minimum Gasteiger partial charge on any atom is -0.432 e. The highest BCUT2D eigenvalue weighted by atomic mass is 19.1. The van der Waals surface area contributed by atoms with Crippen molar-refractivity contribution < 1.29 is 19.0 Å². The first-order valence-corrected chi connectivity index (χ1v) is 3.71. The molecule has 1 aromatic carbocycles. The van der Waals surface area contributed by atoms with E-state index in [0.29, 0.717) is 5.56 Å². The number of aliphatic hydroxyl groups is 1. The number of hydrogen-bond acceptors (Lipinski definition) is 3. The zero-order valence-electron chi connectivity index (χ0n) is 6.81. The Kier molecular flexibility index (Phi) is 3.40. The van der Waals surface area contributed by atoms with Gasteiger partial charge in [-0.3, -0.25) is 0 Å². The summed E-state index contributed by atoms with van der Waals surface area (Å²) < 4.78 is 15.6. The minimum absolute atomic E-state index is 0.390. The zero-order valence-corrected chi connectivity index (χ0v) is 6.81. The number of aliphatic hydroxyl groups excluding tert-OH is 1. The molecule has 0 saturated carbocycles. The first kappa shape index (κ1) is 9.67. The molecule has 0 aliphatic rings. The van der Waals surface area contributed by atoms with E-state index in [9.17, 15) is 14.3 Å². The predicted molar refractivity (Wildman–Crippen MR) is 43.5 cm³/mol. The van der Waals surface area contributed by atoms with Gasteiger partial charge in [-0.15, -0.1) is 0 Å². The highest BCUT2D eigenvalue weighted by Crippen LogP contribution is 2.13. The average molecular weight is 184 g/mol. The largest absolute Gasteiger partial charge is 0.432 e. The van der Waals surface area contributed by atoms with Gasteiger partial charge in [0.1, 0.15) is 0 Å². The van der Waals surface area contributed by atoms with Crippen LogP contribution in [0.1, 0.15) is 11.7 Å². The molecule has 70 valence electrons. The summed E-state index contributed by atoms with van der Waals surface area (Å²) >= 11 is 0. The van der Waals surface area contributed by atoms with Gasteiger partial charge < -0.3 is 9.84 Å². The maximum Gasteiger partial charge on any atom is 0.341 e. The molecule has 0 spiro atoms. The van der Waals surface area contributed by atoms with Crippen LogP contribution in [-0.4, -0.2) is 17.9 Å². The van der Waals surface area contributed by atoms with Crippen molar-refractivity contribution in [3.63, 3.8) is 0 Å². The fourth-order valence-corrected chi connectivity index (χ4v) is 0.904. The number of benzene rings is 1. The van der Waals surface area contributed by atoms with Crippen LogP contribution in [0.5, 0.6) is 0 Å². The lowest BCUT2D eigenvalue weighted by molar-refractivity contribution is -0.158. The fourth-order valence-electron chi connectivity index (χ4n) is 0.904. The van der Waals surface area contributed by atoms with E-state index in [1.54, 1.807) is 30.3 Å². The van der Waals surface area contributed by atoms with Gasteiger partial charge in [-0.2, -0.15) is 0 Å². The Bertz CT molecular complexity index is 273. The molecule has 0 radical (unpaired) electrons. The number of esters is 1. The molecule has 0 saturated heterocycles. The Hall–Kier alpha value is -1.42. The lowest BCUT2D eigenvalue weighted by Crippen LogP contribution is -2.14. The summed E-state index contributed by atoms with van der Waals surface area (Å²) in [4.78, 5) is 10.8. The van der Waals surface area contributed by atoms with Crippen LogP contribution in [0.4, 0.5) is 4.39 Å². The second-order valence-corrected chi connectivity index (χ2v) is 2.39. The van der Waals surface area contributed by atoms with Crippen LogP contribution in [0.25, 0.3) is 0 Å². The summed E-state index contributed by atoms with van der Waals surface area (Å²) in [6, 6.07) is 8.20. The minimum atomic E-state index is -1.41. The second-order valence-electron chi connectivity index (χ2n) is 2.39. The average Bonchev–Trinajstić information content (AvgIpc) is 2.18. The molecule has 0 bridgehead atoms. The topological polar surface area (TPSA) is 46.5 Å². The summed E-state index contributed by atoms with van der Waals surface area (Å²) in [5, 5.41) is 9.28. The van der Waals surface area contributed by atoms with Crippen LogP contribution in [0, 0.1) is 0 Å². The van der Waals surface area contributed by atoms with Gasteiger partial charge in [0.15, 0.2) is 6.10 Å². The highest BCUT2D eigenvalue weighted by Gasteiger charge is 2.17. The van der Waals surface area contributed by atoms with E-state index in [1.165, 1.54) is 0 Å². The Labute approximate surface area is 74.8 Å². The van der Waals surface area contributed by atoms with Gasteiger partial charge in [0.05, 0.1) is 0 Å². The molecule has 0 fully saturated rings. The molecule has 0 heterocycles. The van der Waals surface area contributed by atoms with Crippen molar-refractivity contribution >= 4 is 5.97 Å². The standard InChI is InChI=1S/C9H9FO3/c10-6-13-9(12)8(11)7-4-2-1-3-5-7/h1-5,8,11H,6H2. The van der Waals surface area contributed by atoms with Crippen molar-refractivity contribution in [2.24, 2.45) is 0 Å². The molecule has 1 N–H and O–H groups in total. The van der Waals surface area contributed by atoms with Crippen molar-refractivity contribution in [2.45, 2.75) is 6.10 Å². The first-order chi connectivity index (χ1) is 6.25. The van der Waals surface area contributed by atoms with E-state index in [2.05, 4.69) is 4.74 Å². The third kappa shape index (κ3) is 2.52. The number of hydrogen-bond donors (Lipinski definition) is 1. The molecular weight excluding hydrogens is 175 g/mol. The van der Waals surface area contributed by atoms with Gasteiger partial charge in [-0.05, 0) is 5.56 Å². The summed E-state index contributed by atoms with van der Waals surface area (Å²) in [7, 11) is 0. The third-order valence-electron chi connectivity index (χ3n) is 1.54. The smallest absolute Gasteiger partial charge is 0.341 e. The SMILES string of the molecule is O=C(OCF)C(O)c1ccccc1. The van der Waals surface area contributed by atoms with Crippen LogP contribution < -0.4 is 0 Å². The van der Waals surface area contributed by atoms with E-state index in [0.717, 1.165) is 0 Å². The van der Waals surface area contributed by atoms with E-state index in [4.69, 9.17) is 0 Å². The van der Waals surface area contributed by atoms with Gasteiger partial charge >= 0.3 is 5.97 Å². The molecular formula is C9H9FO3. The van der Waals surface area contributed by atoms with E-state index in [1.807, 2.05) is 0 Å². The van der Waals surface area contributed by atoms with Crippen LogP contribution in [0.2, 0.25) is 0 Å². The van der Waals surface area contributed by atoms with Crippen molar-refractivity contribution in [2.75, 3.05) is 6.86 Å². The molecule has 1 atom stereocenters.